The zero-order valence-corrected chi connectivity index (χ0v) is 13.5. The lowest BCUT2D eigenvalue weighted by atomic mass is 10.2. The Balaban J connectivity index is 1.61. The largest absolute Gasteiger partial charge is 0.486 e. The number of ether oxygens (including phenoxy) is 1. The first-order valence-electron chi connectivity index (χ1n) is 7.97. The molecule has 1 saturated heterocycles. The molecular weight excluding hydrogens is 310 g/mol. The third-order valence-electron chi connectivity index (χ3n) is 4.10. The second kappa shape index (κ2) is 7.02. The highest BCUT2D eigenvalue weighted by atomic mass is 16.5. The normalized spacial score (nSPS) is 21.1. The van der Waals surface area contributed by atoms with Gasteiger partial charge in [-0.2, -0.15) is 5.10 Å². The summed E-state index contributed by atoms with van der Waals surface area (Å²) in [5.41, 5.74) is 1.27. The molecule has 1 aromatic carbocycles. The molecule has 7 heteroatoms. The van der Waals surface area contributed by atoms with Gasteiger partial charge in [0.2, 0.25) is 0 Å². The van der Waals surface area contributed by atoms with E-state index < -0.39 is 12.1 Å². The zero-order valence-electron chi connectivity index (χ0n) is 13.5. The second-order valence-electron chi connectivity index (χ2n) is 5.95. The molecular formula is C17H21N3O4. The molecule has 128 valence electrons. The van der Waals surface area contributed by atoms with Crippen LogP contribution >= 0.6 is 0 Å². The number of carboxylic acid groups (broad SMARTS) is 1. The number of nitrogens with zero attached hydrogens (tertiary/aromatic N) is 3. The summed E-state index contributed by atoms with van der Waals surface area (Å²) in [6.45, 7) is 4.65. The van der Waals surface area contributed by atoms with Crippen molar-refractivity contribution in [1.82, 2.24) is 14.7 Å². The van der Waals surface area contributed by atoms with Gasteiger partial charge in [0, 0.05) is 37.9 Å². The van der Waals surface area contributed by atoms with Crippen LogP contribution in [0.3, 0.4) is 0 Å². The van der Waals surface area contributed by atoms with Crippen LogP contribution in [-0.2, 0) is 13.1 Å². The highest BCUT2D eigenvalue weighted by Crippen LogP contribution is 2.21. The number of carbonyl (C=O) groups is 1. The Hall–Kier alpha value is -2.38. The monoisotopic (exact) mass is 331 g/mol. The van der Waals surface area contributed by atoms with Crippen LogP contribution < -0.4 is 4.74 Å². The predicted molar refractivity (Wildman–Crippen MR) is 87.0 cm³/mol. The Bertz CT molecular complexity index is 715. The zero-order chi connectivity index (χ0) is 17.1. The maximum atomic E-state index is 11.0. The van der Waals surface area contributed by atoms with Crippen LogP contribution in [0.4, 0.5) is 0 Å². The molecule has 0 radical (unpaired) electrons. The van der Waals surface area contributed by atoms with Crippen molar-refractivity contribution >= 4 is 5.97 Å². The number of rotatable bonds is 6. The van der Waals surface area contributed by atoms with E-state index in [-0.39, 0.29) is 11.7 Å². The van der Waals surface area contributed by atoms with Gasteiger partial charge in [0.15, 0.2) is 0 Å². The van der Waals surface area contributed by atoms with Gasteiger partial charge in [-0.25, -0.2) is 4.79 Å². The Morgan fingerprint density at radius 3 is 2.96 bits per heavy atom. The molecule has 0 bridgehead atoms. The fourth-order valence-electron chi connectivity index (χ4n) is 2.87. The van der Waals surface area contributed by atoms with E-state index in [4.69, 9.17) is 9.84 Å². The number of β-amino-alcohol motifs (C(OH)–C–C–N with tert-alkyl or cyclic N) is 1. The van der Waals surface area contributed by atoms with Crippen molar-refractivity contribution in [2.24, 2.45) is 0 Å². The van der Waals surface area contributed by atoms with E-state index in [1.165, 1.54) is 12.1 Å². The molecule has 0 amide bonds. The maximum absolute atomic E-state index is 11.0. The number of aliphatic hydroxyl groups excluding tert-OH is 1. The van der Waals surface area contributed by atoms with E-state index in [9.17, 15) is 9.90 Å². The Morgan fingerprint density at radius 2 is 2.25 bits per heavy atom. The molecule has 2 atom stereocenters. The summed E-state index contributed by atoms with van der Waals surface area (Å²) in [4.78, 5) is 13.1. The minimum absolute atomic E-state index is 0.170. The summed E-state index contributed by atoms with van der Waals surface area (Å²) in [6.07, 6.45) is 2.84. The number of likely N-dealkylation sites (tertiary alicyclic amines) is 1. The van der Waals surface area contributed by atoms with Gasteiger partial charge in [0.1, 0.15) is 18.0 Å². The number of aryl methyl sites for hydroxylation is 1. The van der Waals surface area contributed by atoms with Crippen molar-refractivity contribution in [3.63, 3.8) is 0 Å². The van der Waals surface area contributed by atoms with Crippen molar-refractivity contribution < 1.29 is 19.7 Å². The minimum Gasteiger partial charge on any atom is -0.486 e. The van der Waals surface area contributed by atoms with Crippen LogP contribution in [0.25, 0.3) is 0 Å². The number of aromatic carboxylic acids is 1. The van der Waals surface area contributed by atoms with Crippen molar-refractivity contribution in [3.05, 3.63) is 47.8 Å². The summed E-state index contributed by atoms with van der Waals surface area (Å²) >= 11 is 0. The van der Waals surface area contributed by atoms with Gasteiger partial charge in [-0.15, -0.1) is 0 Å². The Labute approximate surface area is 140 Å². The van der Waals surface area contributed by atoms with E-state index >= 15 is 0 Å². The number of aliphatic hydroxyl groups is 1. The Kier molecular flexibility index (Phi) is 4.82. The lowest BCUT2D eigenvalue weighted by molar-refractivity contribution is 0.0688. The summed E-state index contributed by atoms with van der Waals surface area (Å²) < 4.78 is 7.67. The second-order valence-corrected chi connectivity index (χ2v) is 5.95. The molecule has 1 aliphatic rings. The molecule has 1 aromatic heterocycles. The van der Waals surface area contributed by atoms with E-state index in [1.807, 2.05) is 24.0 Å². The quantitative estimate of drug-likeness (QED) is 0.828. The highest BCUT2D eigenvalue weighted by Gasteiger charge is 2.33. The molecule has 2 N–H and O–H groups in total. The molecule has 24 heavy (non-hydrogen) atoms. The third-order valence-corrected chi connectivity index (χ3v) is 4.10. The van der Waals surface area contributed by atoms with Gasteiger partial charge in [-0.05, 0) is 25.1 Å². The maximum Gasteiger partial charge on any atom is 0.335 e. The standard InChI is InChI=1S/C17H21N3O4/c1-2-20-9-12(7-18-20)8-19-10-15(21)16(11-19)24-14-5-3-4-13(6-14)17(22)23/h3-7,9,15-16,21H,2,8,10-11H2,1H3,(H,22,23)/t15-,16-/m1/s1. The molecule has 3 rings (SSSR count). The minimum atomic E-state index is -0.998. The topological polar surface area (TPSA) is 87.8 Å². The number of carboxylic acids is 1. The van der Waals surface area contributed by atoms with Crippen LogP contribution in [0.1, 0.15) is 22.8 Å². The van der Waals surface area contributed by atoms with Gasteiger partial charge < -0.3 is 14.9 Å². The molecule has 0 spiro atoms. The summed E-state index contributed by atoms with van der Waals surface area (Å²) in [5, 5.41) is 23.5. The van der Waals surface area contributed by atoms with Crippen LogP contribution in [0.15, 0.2) is 36.7 Å². The number of benzene rings is 1. The molecule has 0 unspecified atom stereocenters. The fraction of sp³-hybridized carbons (Fsp3) is 0.412. The van der Waals surface area contributed by atoms with Gasteiger partial charge in [-0.1, -0.05) is 6.07 Å². The van der Waals surface area contributed by atoms with Crippen LogP contribution in [0.2, 0.25) is 0 Å². The molecule has 1 aliphatic heterocycles. The summed E-state index contributed by atoms with van der Waals surface area (Å²) in [6, 6.07) is 6.32. The molecule has 0 saturated carbocycles. The number of aromatic nitrogens is 2. The first kappa shape index (κ1) is 16.5. The molecule has 1 fully saturated rings. The SMILES string of the molecule is CCn1cc(CN2C[C@@H](O)[C@H](Oc3cccc(C(=O)O)c3)C2)cn1. The number of hydrogen-bond acceptors (Lipinski definition) is 5. The van der Waals surface area contributed by atoms with E-state index in [2.05, 4.69) is 10.00 Å². The van der Waals surface area contributed by atoms with Crippen LogP contribution in [0, 0.1) is 0 Å². The van der Waals surface area contributed by atoms with E-state index in [0.29, 0.717) is 25.4 Å². The molecule has 2 aromatic rings. The lowest BCUT2D eigenvalue weighted by Gasteiger charge is -2.17. The van der Waals surface area contributed by atoms with E-state index in [1.54, 1.807) is 12.1 Å². The molecule has 2 heterocycles. The molecule has 7 nitrogen and oxygen atoms in total. The van der Waals surface area contributed by atoms with Gasteiger partial charge in [0.05, 0.1) is 11.8 Å². The average molecular weight is 331 g/mol. The van der Waals surface area contributed by atoms with Crippen molar-refractivity contribution in [1.29, 1.82) is 0 Å². The van der Waals surface area contributed by atoms with Crippen molar-refractivity contribution in [2.45, 2.75) is 32.2 Å². The predicted octanol–water partition coefficient (Wildman–Crippen LogP) is 1.23. The van der Waals surface area contributed by atoms with Crippen molar-refractivity contribution in [3.8, 4) is 5.75 Å². The van der Waals surface area contributed by atoms with Gasteiger partial charge in [0.25, 0.3) is 0 Å². The average Bonchev–Trinajstić information content (AvgIpc) is 3.15. The van der Waals surface area contributed by atoms with E-state index in [0.717, 1.165) is 12.1 Å². The first-order chi connectivity index (χ1) is 11.5. The summed E-state index contributed by atoms with van der Waals surface area (Å²) in [7, 11) is 0. The number of hydrogen-bond donors (Lipinski definition) is 2. The van der Waals surface area contributed by atoms with Crippen LogP contribution in [0.5, 0.6) is 5.75 Å². The van der Waals surface area contributed by atoms with Crippen LogP contribution in [-0.4, -0.2) is 56.2 Å². The van der Waals surface area contributed by atoms with Gasteiger partial charge >= 0.3 is 5.97 Å². The summed E-state index contributed by atoms with van der Waals surface area (Å²) in [5.74, 6) is -0.540. The highest BCUT2D eigenvalue weighted by molar-refractivity contribution is 5.88. The first-order valence-corrected chi connectivity index (χ1v) is 7.97. The lowest BCUT2D eigenvalue weighted by Crippen LogP contribution is -2.30. The van der Waals surface area contributed by atoms with Gasteiger partial charge in [-0.3, -0.25) is 9.58 Å². The van der Waals surface area contributed by atoms with Crippen molar-refractivity contribution in [2.75, 3.05) is 13.1 Å². The smallest absolute Gasteiger partial charge is 0.335 e. The fourth-order valence-corrected chi connectivity index (χ4v) is 2.87. The molecule has 0 aliphatic carbocycles. The Morgan fingerprint density at radius 1 is 1.42 bits per heavy atom. The third kappa shape index (κ3) is 3.74.